The van der Waals surface area contributed by atoms with Crippen molar-refractivity contribution in [3.8, 4) is 0 Å². The van der Waals surface area contributed by atoms with Gasteiger partial charge in [0.05, 0.1) is 0 Å². The van der Waals surface area contributed by atoms with E-state index in [4.69, 9.17) is 11.6 Å². The molecule has 0 aliphatic carbocycles. The molecule has 0 saturated carbocycles. The van der Waals surface area contributed by atoms with Gasteiger partial charge in [0.1, 0.15) is 5.02 Å². The maximum absolute atomic E-state index is 12.9. The molecule has 9 heteroatoms. The number of halogens is 6. The van der Waals surface area contributed by atoms with E-state index in [1.165, 1.54) is 0 Å². The fourth-order valence-corrected chi connectivity index (χ4v) is 1.98. The summed E-state index contributed by atoms with van der Waals surface area (Å²) in [6.45, 7) is 4.00. The number of hydrogen-bond donors (Lipinski definition) is 0. The standard InChI is InChI=1S/C6Cl2F4O2S.C2H6/c7-1-2(9)4(11)6(15(8,13)14)5(12)3(1)10;1-2/h;1-2H3. The molecular weight excluding hydrogens is 307 g/mol. The molecule has 0 radical (unpaired) electrons. The summed E-state index contributed by atoms with van der Waals surface area (Å²) in [5.74, 6) is -8.35. The lowest BCUT2D eigenvalue weighted by molar-refractivity contribution is 0.421. The van der Waals surface area contributed by atoms with Gasteiger partial charge >= 0.3 is 0 Å². The zero-order valence-electron chi connectivity index (χ0n) is 8.49. The van der Waals surface area contributed by atoms with Gasteiger partial charge in [-0.05, 0) is 0 Å². The van der Waals surface area contributed by atoms with Crippen molar-refractivity contribution in [1.82, 2.24) is 0 Å². The average Bonchev–Trinajstić information content (AvgIpc) is 2.25. The van der Waals surface area contributed by atoms with Crippen molar-refractivity contribution in [3.05, 3.63) is 28.3 Å². The van der Waals surface area contributed by atoms with Gasteiger partial charge in [-0.2, -0.15) is 0 Å². The maximum Gasteiger partial charge on any atom is 0.267 e. The third-order valence-corrected chi connectivity index (χ3v) is 3.05. The van der Waals surface area contributed by atoms with E-state index in [1.807, 2.05) is 13.8 Å². The second-order valence-electron chi connectivity index (χ2n) is 2.34. The lowest BCUT2D eigenvalue weighted by Crippen LogP contribution is -2.06. The highest BCUT2D eigenvalue weighted by Gasteiger charge is 2.31. The van der Waals surface area contributed by atoms with Crippen LogP contribution in [0.15, 0.2) is 4.90 Å². The number of benzene rings is 1. The molecule has 98 valence electrons. The van der Waals surface area contributed by atoms with Crippen LogP contribution in [0.4, 0.5) is 17.6 Å². The predicted octanol–water partition coefficient (Wildman–Crippen LogP) is 3.85. The van der Waals surface area contributed by atoms with Crippen LogP contribution in [-0.4, -0.2) is 8.42 Å². The van der Waals surface area contributed by atoms with Crippen LogP contribution in [0.5, 0.6) is 0 Å². The second kappa shape index (κ2) is 5.88. The zero-order chi connectivity index (χ0) is 14.0. The van der Waals surface area contributed by atoms with Gasteiger partial charge in [0.25, 0.3) is 9.05 Å². The van der Waals surface area contributed by atoms with E-state index >= 15 is 0 Å². The largest absolute Gasteiger partial charge is 0.267 e. The van der Waals surface area contributed by atoms with Crippen LogP contribution in [0.1, 0.15) is 13.8 Å². The Labute approximate surface area is 105 Å². The Hall–Kier alpha value is -0.530. The Bertz CT molecular complexity index is 502. The lowest BCUT2D eigenvalue weighted by atomic mass is 10.3. The van der Waals surface area contributed by atoms with Crippen LogP contribution in [0.25, 0.3) is 0 Å². The van der Waals surface area contributed by atoms with Crippen molar-refractivity contribution in [2.24, 2.45) is 0 Å². The molecule has 2 nitrogen and oxygen atoms in total. The molecule has 0 amide bonds. The monoisotopic (exact) mass is 312 g/mol. The summed E-state index contributed by atoms with van der Waals surface area (Å²) in [7, 11) is -0.361. The SMILES string of the molecule is CC.O=S(=O)(Cl)c1c(F)c(F)c(Cl)c(F)c1F. The van der Waals surface area contributed by atoms with Gasteiger partial charge in [-0.25, -0.2) is 26.0 Å². The highest BCUT2D eigenvalue weighted by molar-refractivity contribution is 8.13. The van der Waals surface area contributed by atoms with Gasteiger partial charge in [0.2, 0.25) is 0 Å². The van der Waals surface area contributed by atoms with E-state index in [9.17, 15) is 26.0 Å². The minimum atomic E-state index is -4.94. The molecule has 0 N–H and O–H groups in total. The number of hydrogen-bond acceptors (Lipinski definition) is 2. The Kier molecular flexibility index (Phi) is 5.70. The third kappa shape index (κ3) is 3.23. The van der Waals surface area contributed by atoms with E-state index < -0.39 is 42.2 Å². The fraction of sp³-hybridized carbons (Fsp3) is 0.250. The van der Waals surface area contributed by atoms with Gasteiger partial charge in [-0.3, -0.25) is 0 Å². The van der Waals surface area contributed by atoms with Crippen molar-refractivity contribution >= 4 is 31.3 Å². The smallest absolute Gasteiger partial charge is 0.207 e. The summed E-state index contributed by atoms with van der Waals surface area (Å²) in [6, 6.07) is 0. The quantitative estimate of drug-likeness (QED) is 0.341. The van der Waals surface area contributed by atoms with E-state index in [2.05, 4.69) is 10.7 Å². The van der Waals surface area contributed by atoms with Crippen molar-refractivity contribution in [2.45, 2.75) is 18.7 Å². The average molecular weight is 313 g/mol. The van der Waals surface area contributed by atoms with Crippen LogP contribution in [0.3, 0.4) is 0 Å². The van der Waals surface area contributed by atoms with Crippen molar-refractivity contribution < 1.29 is 26.0 Å². The Morgan fingerprint density at radius 1 is 0.882 bits per heavy atom. The molecule has 17 heavy (non-hydrogen) atoms. The summed E-state index contributed by atoms with van der Waals surface area (Å²) in [6.07, 6.45) is 0. The number of rotatable bonds is 1. The molecule has 0 atom stereocenters. The van der Waals surface area contributed by atoms with Crippen LogP contribution in [0, 0.1) is 23.3 Å². The lowest BCUT2D eigenvalue weighted by Gasteiger charge is -2.05. The Balaban J connectivity index is 0.00000121. The molecule has 0 bridgehead atoms. The molecule has 0 aliphatic heterocycles. The van der Waals surface area contributed by atoms with E-state index in [0.29, 0.717) is 0 Å². The molecule has 0 unspecified atom stereocenters. The van der Waals surface area contributed by atoms with Crippen LogP contribution < -0.4 is 0 Å². The van der Waals surface area contributed by atoms with Crippen molar-refractivity contribution in [1.29, 1.82) is 0 Å². The van der Waals surface area contributed by atoms with Crippen molar-refractivity contribution in [2.75, 3.05) is 0 Å². The Morgan fingerprint density at radius 3 is 1.41 bits per heavy atom. The summed E-state index contributed by atoms with van der Waals surface area (Å²) in [5.41, 5.74) is 0. The maximum atomic E-state index is 12.9. The highest BCUT2D eigenvalue weighted by atomic mass is 35.7. The minimum Gasteiger partial charge on any atom is -0.207 e. The van der Waals surface area contributed by atoms with Gasteiger partial charge in [0.15, 0.2) is 28.2 Å². The van der Waals surface area contributed by atoms with Crippen molar-refractivity contribution in [3.63, 3.8) is 0 Å². The molecule has 1 rings (SSSR count). The topological polar surface area (TPSA) is 34.1 Å². The van der Waals surface area contributed by atoms with Crippen LogP contribution in [0.2, 0.25) is 5.02 Å². The summed E-state index contributed by atoms with van der Waals surface area (Å²) in [4.78, 5) is -1.90. The van der Waals surface area contributed by atoms with Crippen LogP contribution >= 0.6 is 22.3 Å². The summed E-state index contributed by atoms with van der Waals surface area (Å²) < 4.78 is 72.4. The molecule has 0 spiro atoms. The zero-order valence-corrected chi connectivity index (χ0v) is 10.8. The molecule has 0 saturated heterocycles. The molecule has 0 heterocycles. The summed E-state index contributed by atoms with van der Waals surface area (Å²) in [5, 5.41) is -1.48. The van der Waals surface area contributed by atoms with Crippen LogP contribution in [-0.2, 0) is 9.05 Å². The third-order valence-electron chi connectivity index (χ3n) is 1.41. The normalized spacial score (nSPS) is 10.8. The fourth-order valence-electron chi connectivity index (χ4n) is 0.799. The van der Waals surface area contributed by atoms with Gasteiger partial charge in [-0.15, -0.1) is 0 Å². The first-order valence-electron chi connectivity index (χ1n) is 4.14. The molecular formula is C8H6Cl2F4O2S. The van der Waals surface area contributed by atoms with Gasteiger partial charge in [0, 0.05) is 10.7 Å². The van der Waals surface area contributed by atoms with Gasteiger partial charge in [-0.1, -0.05) is 25.4 Å². The second-order valence-corrected chi connectivity index (χ2v) is 5.22. The first-order valence-corrected chi connectivity index (χ1v) is 6.82. The molecule has 0 aliphatic rings. The summed E-state index contributed by atoms with van der Waals surface area (Å²) >= 11 is 4.84. The first-order chi connectivity index (χ1) is 7.68. The molecule has 0 aromatic heterocycles. The molecule has 1 aromatic rings. The molecule has 1 aromatic carbocycles. The predicted molar refractivity (Wildman–Crippen MR) is 55.7 cm³/mol. The van der Waals surface area contributed by atoms with Gasteiger partial charge < -0.3 is 0 Å². The van der Waals surface area contributed by atoms with E-state index in [-0.39, 0.29) is 0 Å². The first kappa shape index (κ1) is 16.5. The van der Waals surface area contributed by atoms with E-state index in [1.54, 1.807) is 0 Å². The highest BCUT2D eigenvalue weighted by Crippen LogP contribution is 2.31. The minimum absolute atomic E-state index is 1.48. The Morgan fingerprint density at radius 2 is 1.18 bits per heavy atom. The van der Waals surface area contributed by atoms with E-state index in [0.717, 1.165) is 0 Å². The molecule has 0 fully saturated rings.